The van der Waals surface area contributed by atoms with Crippen LogP contribution in [0.5, 0.6) is 0 Å². The van der Waals surface area contributed by atoms with Crippen LogP contribution in [-0.2, 0) is 4.74 Å². The fourth-order valence-corrected chi connectivity index (χ4v) is 10.1. The lowest BCUT2D eigenvalue weighted by molar-refractivity contribution is -0.136. The summed E-state index contributed by atoms with van der Waals surface area (Å²) in [6.45, 7) is 14.6. The number of nitrogens with two attached hydrogens (primary N) is 1. The van der Waals surface area contributed by atoms with Crippen LogP contribution in [0, 0.1) is 52.3 Å². The van der Waals surface area contributed by atoms with Gasteiger partial charge in [-0.25, -0.2) is 0 Å². The van der Waals surface area contributed by atoms with E-state index in [0.717, 1.165) is 61.0 Å². The molecule has 0 unspecified atom stereocenters. The van der Waals surface area contributed by atoms with E-state index in [2.05, 4.69) is 34.6 Å². The zero-order valence-electron chi connectivity index (χ0n) is 23.6. The van der Waals surface area contributed by atoms with Crippen LogP contribution in [0.3, 0.4) is 0 Å². The molecule has 4 rings (SSSR count). The maximum atomic E-state index is 6.39. The first-order chi connectivity index (χ1) is 16.3. The van der Waals surface area contributed by atoms with E-state index in [9.17, 15) is 0 Å². The number of unbranched alkanes of at least 4 members (excludes halogenated alkanes) is 2. The van der Waals surface area contributed by atoms with Gasteiger partial charge in [0.1, 0.15) is 0 Å². The second-order valence-corrected chi connectivity index (χ2v) is 14.3. The minimum Gasteiger partial charge on any atom is -0.378 e. The Morgan fingerprint density at radius 1 is 0.794 bits per heavy atom. The van der Waals surface area contributed by atoms with Crippen LogP contribution in [0.2, 0.25) is 0 Å². The zero-order valence-corrected chi connectivity index (χ0v) is 23.6. The summed E-state index contributed by atoms with van der Waals surface area (Å²) in [5.41, 5.74) is 6.86. The molecule has 0 saturated heterocycles. The maximum Gasteiger partial charge on any atom is 0.0578 e. The van der Waals surface area contributed by atoms with Crippen LogP contribution < -0.4 is 5.73 Å². The number of rotatable bonds is 11. The van der Waals surface area contributed by atoms with E-state index in [4.69, 9.17) is 10.5 Å². The van der Waals surface area contributed by atoms with Gasteiger partial charge in [0.05, 0.1) is 6.10 Å². The summed E-state index contributed by atoms with van der Waals surface area (Å²) in [5.74, 6) is 6.70. The van der Waals surface area contributed by atoms with Crippen LogP contribution in [0.1, 0.15) is 131 Å². The van der Waals surface area contributed by atoms with Crippen molar-refractivity contribution in [3.8, 4) is 0 Å². The normalized spacial score (nSPS) is 42.8. The fraction of sp³-hybridized carbons (Fsp3) is 1.00. The van der Waals surface area contributed by atoms with Crippen LogP contribution in [0.15, 0.2) is 0 Å². The standard InChI is InChI=1S/C32H59NO/c1-23(2)10-9-11-24(3)28-14-15-29-27-13-12-25-22-26(34-21-8-6-7-20-33)16-18-31(25,4)30(27)17-19-32(28,29)5/h23-30H,6-22,33H2,1-5H3/t24-,25+,26+,27+,28-,29+,30+,31+,32-/m1/s1. The third kappa shape index (κ3) is 5.44. The fourth-order valence-electron chi connectivity index (χ4n) is 10.1. The summed E-state index contributed by atoms with van der Waals surface area (Å²) in [6, 6.07) is 0. The van der Waals surface area contributed by atoms with Gasteiger partial charge in [0.2, 0.25) is 0 Å². The van der Waals surface area contributed by atoms with Crippen molar-refractivity contribution < 1.29 is 4.74 Å². The monoisotopic (exact) mass is 473 g/mol. The van der Waals surface area contributed by atoms with Crippen LogP contribution in [0.25, 0.3) is 0 Å². The third-order valence-electron chi connectivity index (χ3n) is 12.0. The first-order valence-corrected chi connectivity index (χ1v) is 15.6. The van der Waals surface area contributed by atoms with Gasteiger partial charge in [-0.3, -0.25) is 0 Å². The Hall–Kier alpha value is -0.0800. The third-order valence-corrected chi connectivity index (χ3v) is 12.0. The van der Waals surface area contributed by atoms with Gasteiger partial charge in [0, 0.05) is 6.61 Å². The van der Waals surface area contributed by atoms with Gasteiger partial charge >= 0.3 is 0 Å². The highest BCUT2D eigenvalue weighted by molar-refractivity contribution is 5.09. The molecule has 2 N–H and O–H groups in total. The Morgan fingerprint density at radius 2 is 1.56 bits per heavy atom. The van der Waals surface area contributed by atoms with Crippen molar-refractivity contribution in [3.63, 3.8) is 0 Å². The number of hydrogen-bond acceptors (Lipinski definition) is 2. The molecule has 198 valence electrons. The molecule has 0 aromatic carbocycles. The summed E-state index contributed by atoms with van der Waals surface area (Å²) in [5, 5.41) is 0. The summed E-state index contributed by atoms with van der Waals surface area (Å²) >= 11 is 0. The van der Waals surface area contributed by atoms with E-state index in [1.54, 1.807) is 0 Å². The molecule has 4 saturated carbocycles. The molecule has 34 heavy (non-hydrogen) atoms. The van der Waals surface area contributed by atoms with Crippen molar-refractivity contribution in [3.05, 3.63) is 0 Å². The van der Waals surface area contributed by atoms with Gasteiger partial charge < -0.3 is 10.5 Å². The van der Waals surface area contributed by atoms with Gasteiger partial charge in [0.15, 0.2) is 0 Å². The number of fused-ring (bicyclic) bond motifs is 5. The second kappa shape index (κ2) is 11.5. The highest BCUT2D eigenvalue weighted by Crippen LogP contribution is 2.68. The number of ether oxygens (including phenoxy) is 1. The molecule has 9 atom stereocenters. The Kier molecular flexibility index (Phi) is 9.15. The topological polar surface area (TPSA) is 35.2 Å². The molecule has 0 amide bonds. The molecule has 4 aliphatic carbocycles. The summed E-state index contributed by atoms with van der Waals surface area (Å²) in [7, 11) is 0. The number of hydrogen-bond donors (Lipinski definition) is 1. The van der Waals surface area contributed by atoms with Crippen molar-refractivity contribution in [1.29, 1.82) is 0 Å². The predicted octanol–water partition coefficient (Wildman–Crippen LogP) is 8.62. The zero-order chi connectivity index (χ0) is 24.3. The van der Waals surface area contributed by atoms with Crippen LogP contribution in [0.4, 0.5) is 0 Å². The summed E-state index contributed by atoms with van der Waals surface area (Å²) < 4.78 is 6.39. The SMILES string of the molecule is CC(C)CCC[C@@H](C)[C@H]1CC[C@H]2[C@@H]3CC[C@H]4C[C@@H](OCCCCCN)CC[C@]4(C)[C@H]3CC[C@]12C. The highest BCUT2D eigenvalue weighted by Gasteiger charge is 2.60. The van der Waals surface area contributed by atoms with Crippen LogP contribution >= 0.6 is 0 Å². The maximum absolute atomic E-state index is 6.39. The average molecular weight is 474 g/mol. The van der Waals surface area contributed by atoms with Crippen molar-refractivity contribution in [2.45, 2.75) is 137 Å². The van der Waals surface area contributed by atoms with Crippen LogP contribution in [-0.4, -0.2) is 19.3 Å². The first-order valence-electron chi connectivity index (χ1n) is 15.6. The molecule has 0 bridgehead atoms. The molecule has 0 radical (unpaired) electrons. The minimum atomic E-state index is 0.531. The Bertz CT molecular complexity index is 633. The molecule has 2 heteroatoms. The second-order valence-electron chi connectivity index (χ2n) is 14.3. The molecule has 4 aliphatic rings. The van der Waals surface area contributed by atoms with Gasteiger partial charge in [0.25, 0.3) is 0 Å². The van der Waals surface area contributed by atoms with E-state index >= 15 is 0 Å². The van der Waals surface area contributed by atoms with Gasteiger partial charge in [-0.05, 0) is 136 Å². The van der Waals surface area contributed by atoms with Crippen molar-refractivity contribution in [2.75, 3.05) is 13.2 Å². The average Bonchev–Trinajstić information content (AvgIpc) is 3.16. The van der Waals surface area contributed by atoms with Crippen molar-refractivity contribution in [2.24, 2.45) is 58.0 Å². The Labute approximate surface area is 212 Å². The highest BCUT2D eigenvalue weighted by atomic mass is 16.5. The summed E-state index contributed by atoms with van der Waals surface area (Å²) in [6.07, 6.45) is 21.6. The van der Waals surface area contributed by atoms with Gasteiger partial charge in [-0.1, -0.05) is 53.9 Å². The molecule has 0 aliphatic heterocycles. The minimum absolute atomic E-state index is 0.531. The van der Waals surface area contributed by atoms with E-state index < -0.39 is 0 Å². The van der Waals surface area contributed by atoms with Gasteiger partial charge in [-0.2, -0.15) is 0 Å². The molecule has 0 heterocycles. The molecule has 0 aromatic rings. The van der Waals surface area contributed by atoms with Crippen molar-refractivity contribution in [1.82, 2.24) is 0 Å². The van der Waals surface area contributed by atoms with Crippen molar-refractivity contribution >= 4 is 0 Å². The molecular weight excluding hydrogens is 414 g/mol. The lowest BCUT2D eigenvalue weighted by Gasteiger charge is -2.61. The molecule has 2 nitrogen and oxygen atoms in total. The summed E-state index contributed by atoms with van der Waals surface area (Å²) in [4.78, 5) is 0. The lowest BCUT2D eigenvalue weighted by atomic mass is 9.44. The largest absolute Gasteiger partial charge is 0.378 e. The molecule has 0 aromatic heterocycles. The molecule has 0 spiro atoms. The van der Waals surface area contributed by atoms with E-state index in [1.165, 1.54) is 89.9 Å². The van der Waals surface area contributed by atoms with E-state index in [-0.39, 0.29) is 0 Å². The first kappa shape index (κ1) is 27.0. The van der Waals surface area contributed by atoms with E-state index in [1.807, 2.05) is 0 Å². The Morgan fingerprint density at radius 3 is 2.32 bits per heavy atom. The predicted molar refractivity (Wildman–Crippen MR) is 146 cm³/mol. The Balaban J connectivity index is 1.34. The molecule has 4 fully saturated rings. The quantitative estimate of drug-likeness (QED) is 0.305. The van der Waals surface area contributed by atoms with Gasteiger partial charge in [-0.15, -0.1) is 0 Å². The smallest absolute Gasteiger partial charge is 0.0578 e. The molecular formula is C32H59NO. The lowest BCUT2D eigenvalue weighted by Crippen LogP contribution is -2.54. The van der Waals surface area contributed by atoms with E-state index in [0.29, 0.717) is 16.9 Å².